The number of rotatable bonds is 2. The summed E-state index contributed by atoms with van der Waals surface area (Å²) in [6.07, 6.45) is 4.97. The van der Waals surface area contributed by atoms with Crippen molar-refractivity contribution in [3.8, 4) is 11.1 Å². The molecule has 1 aromatic carbocycles. The van der Waals surface area contributed by atoms with Crippen LogP contribution in [0.4, 0.5) is 10.1 Å². The largest absolute Gasteiger partial charge is 0.368 e. The molecular weight excluding hydrogens is 301 g/mol. The van der Waals surface area contributed by atoms with Crippen LogP contribution in [-0.4, -0.2) is 30.7 Å². The molecule has 114 valence electrons. The van der Waals surface area contributed by atoms with Gasteiger partial charge in [-0.15, -0.1) is 0 Å². The van der Waals surface area contributed by atoms with Crippen LogP contribution in [0, 0.1) is 11.7 Å². The van der Waals surface area contributed by atoms with Gasteiger partial charge in [0, 0.05) is 37.4 Å². The van der Waals surface area contributed by atoms with E-state index in [4.69, 9.17) is 11.6 Å². The summed E-state index contributed by atoms with van der Waals surface area (Å²) in [7, 11) is 0. The predicted molar refractivity (Wildman–Crippen MR) is 86.8 cm³/mol. The lowest BCUT2D eigenvalue weighted by molar-refractivity contribution is 0.474. The van der Waals surface area contributed by atoms with Gasteiger partial charge in [-0.25, -0.2) is 4.39 Å². The Morgan fingerprint density at radius 3 is 2.91 bits per heavy atom. The third-order valence-corrected chi connectivity index (χ3v) is 4.86. The van der Waals surface area contributed by atoms with Crippen molar-refractivity contribution in [2.75, 3.05) is 24.5 Å². The number of pyridine rings is 1. The van der Waals surface area contributed by atoms with E-state index in [-0.39, 0.29) is 5.02 Å². The van der Waals surface area contributed by atoms with E-state index in [1.807, 2.05) is 6.20 Å². The smallest absolute Gasteiger partial charge is 0.141 e. The molecule has 3 heterocycles. The first-order valence-electron chi connectivity index (χ1n) is 7.58. The van der Waals surface area contributed by atoms with Gasteiger partial charge in [0.1, 0.15) is 5.82 Å². The van der Waals surface area contributed by atoms with Gasteiger partial charge in [0.15, 0.2) is 0 Å². The van der Waals surface area contributed by atoms with Crippen molar-refractivity contribution in [2.24, 2.45) is 5.92 Å². The molecule has 2 aliphatic rings. The molecule has 5 heteroatoms. The summed E-state index contributed by atoms with van der Waals surface area (Å²) in [5.74, 6) is 0.330. The first-order valence-corrected chi connectivity index (χ1v) is 7.95. The molecule has 3 nitrogen and oxygen atoms in total. The molecule has 0 spiro atoms. The zero-order valence-electron chi connectivity index (χ0n) is 12.1. The zero-order chi connectivity index (χ0) is 15.1. The van der Waals surface area contributed by atoms with Gasteiger partial charge >= 0.3 is 0 Å². The molecule has 2 fully saturated rings. The standard InChI is InChI=1S/C17H17ClFN3/c18-16-5-12(1-2-17(16)19)13-4-15(8-20-7-13)22-9-11-3-14(10-22)21-6-11/h1-2,4-5,7-8,11,14,21H,3,6,9-10H2. The Labute approximate surface area is 134 Å². The van der Waals surface area contributed by atoms with Gasteiger partial charge in [-0.1, -0.05) is 17.7 Å². The highest BCUT2D eigenvalue weighted by atomic mass is 35.5. The van der Waals surface area contributed by atoms with E-state index in [1.54, 1.807) is 18.3 Å². The molecule has 2 aromatic rings. The van der Waals surface area contributed by atoms with Crippen LogP contribution in [0.2, 0.25) is 5.02 Å². The lowest BCUT2D eigenvalue weighted by Gasteiger charge is -2.32. The number of anilines is 1. The Hall–Kier alpha value is -1.65. The first kappa shape index (κ1) is 14.0. The molecule has 1 aromatic heterocycles. The number of hydrogen-bond acceptors (Lipinski definition) is 3. The van der Waals surface area contributed by atoms with Crippen molar-refractivity contribution in [1.29, 1.82) is 0 Å². The monoisotopic (exact) mass is 317 g/mol. The average Bonchev–Trinajstić information content (AvgIpc) is 2.88. The third-order valence-electron chi connectivity index (χ3n) is 4.57. The van der Waals surface area contributed by atoms with Crippen molar-refractivity contribution < 1.29 is 4.39 Å². The minimum absolute atomic E-state index is 0.142. The number of piperidine rings is 1. The first-order chi connectivity index (χ1) is 10.7. The second kappa shape index (κ2) is 5.52. The number of nitrogens with one attached hydrogen (secondary N) is 1. The lowest BCUT2D eigenvalue weighted by atomic mass is 9.99. The van der Waals surface area contributed by atoms with Crippen LogP contribution in [-0.2, 0) is 0 Å². The maximum atomic E-state index is 13.3. The molecule has 0 aliphatic carbocycles. The maximum Gasteiger partial charge on any atom is 0.141 e. The summed E-state index contributed by atoms with van der Waals surface area (Å²) in [6, 6.07) is 7.49. The second-order valence-corrected chi connectivity index (χ2v) is 6.58. The van der Waals surface area contributed by atoms with E-state index in [0.29, 0.717) is 6.04 Å². The van der Waals surface area contributed by atoms with Gasteiger partial charge in [0.05, 0.1) is 16.9 Å². The molecule has 0 amide bonds. The fourth-order valence-electron chi connectivity index (χ4n) is 3.48. The molecule has 0 radical (unpaired) electrons. The zero-order valence-corrected chi connectivity index (χ0v) is 12.9. The Morgan fingerprint density at radius 2 is 2.09 bits per heavy atom. The number of hydrogen-bond donors (Lipinski definition) is 1. The molecule has 4 rings (SSSR count). The van der Waals surface area contributed by atoms with Crippen LogP contribution in [0.15, 0.2) is 36.7 Å². The Kier molecular flexibility index (Phi) is 3.51. The van der Waals surface area contributed by atoms with Crippen LogP contribution >= 0.6 is 11.6 Å². The minimum Gasteiger partial charge on any atom is -0.368 e. The summed E-state index contributed by atoms with van der Waals surface area (Å²) in [5, 5.41) is 3.70. The van der Waals surface area contributed by atoms with Crippen molar-refractivity contribution in [3.05, 3.63) is 47.5 Å². The van der Waals surface area contributed by atoms with E-state index in [2.05, 4.69) is 21.3 Å². The van der Waals surface area contributed by atoms with Gasteiger partial charge in [0.2, 0.25) is 0 Å². The molecule has 2 bridgehead atoms. The van der Waals surface area contributed by atoms with E-state index >= 15 is 0 Å². The van der Waals surface area contributed by atoms with Gasteiger partial charge in [0.25, 0.3) is 0 Å². The van der Waals surface area contributed by atoms with Crippen LogP contribution in [0.3, 0.4) is 0 Å². The van der Waals surface area contributed by atoms with E-state index in [0.717, 1.165) is 42.4 Å². The Morgan fingerprint density at radius 1 is 1.18 bits per heavy atom. The number of fused-ring (bicyclic) bond motifs is 2. The molecule has 1 N–H and O–H groups in total. The topological polar surface area (TPSA) is 28.2 Å². The van der Waals surface area contributed by atoms with Crippen molar-refractivity contribution in [1.82, 2.24) is 10.3 Å². The molecule has 2 saturated heterocycles. The maximum absolute atomic E-state index is 13.3. The highest BCUT2D eigenvalue weighted by Gasteiger charge is 2.32. The number of aromatic nitrogens is 1. The van der Waals surface area contributed by atoms with Crippen molar-refractivity contribution in [2.45, 2.75) is 12.5 Å². The minimum atomic E-state index is -0.395. The lowest BCUT2D eigenvalue weighted by Crippen LogP contribution is -2.41. The van der Waals surface area contributed by atoms with Gasteiger partial charge in [-0.2, -0.15) is 0 Å². The molecule has 22 heavy (non-hydrogen) atoms. The van der Waals surface area contributed by atoms with Crippen molar-refractivity contribution >= 4 is 17.3 Å². The fourth-order valence-corrected chi connectivity index (χ4v) is 3.66. The summed E-state index contributed by atoms with van der Waals surface area (Å²) in [5.41, 5.74) is 2.97. The van der Waals surface area contributed by atoms with E-state index < -0.39 is 5.82 Å². The highest BCUT2D eigenvalue weighted by Crippen LogP contribution is 2.30. The molecule has 2 aliphatic heterocycles. The number of nitrogens with zero attached hydrogens (tertiary/aromatic N) is 2. The van der Waals surface area contributed by atoms with Crippen LogP contribution < -0.4 is 10.2 Å². The number of halogens is 2. The van der Waals surface area contributed by atoms with Crippen LogP contribution in [0.1, 0.15) is 6.42 Å². The summed E-state index contributed by atoms with van der Waals surface area (Å²) in [6.45, 7) is 3.20. The molecule has 2 atom stereocenters. The quantitative estimate of drug-likeness (QED) is 0.921. The normalized spacial score (nSPS) is 23.8. The van der Waals surface area contributed by atoms with Crippen LogP contribution in [0.25, 0.3) is 11.1 Å². The molecule has 0 saturated carbocycles. The molecule has 2 unspecified atom stereocenters. The summed E-state index contributed by atoms with van der Waals surface area (Å²) < 4.78 is 13.3. The SMILES string of the molecule is Fc1ccc(-c2cncc(N3CC4CNC(C4)C3)c2)cc1Cl. The second-order valence-electron chi connectivity index (χ2n) is 6.17. The average molecular weight is 318 g/mol. The van der Waals surface area contributed by atoms with Gasteiger partial charge < -0.3 is 10.2 Å². The van der Waals surface area contributed by atoms with Crippen molar-refractivity contribution in [3.63, 3.8) is 0 Å². The fraction of sp³-hybridized carbons (Fsp3) is 0.353. The summed E-state index contributed by atoms with van der Waals surface area (Å²) >= 11 is 5.88. The van der Waals surface area contributed by atoms with E-state index in [1.165, 1.54) is 12.5 Å². The third kappa shape index (κ3) is 2.57. The Balaban J connectivity index is 1.64. The number of benzene rings is 1. The molecular formula is C17H17ClFN3. The Bertz CT molecular complexity index is 694. The summed E-state index contributed by atoms with van der Waals surface area (Å²) in [4.78, 5) is 6.75. The van der Waals surface area contributed by atoms with Crippen LogP contribution in [0.5, 0.6) is 0 Å². The van der Waals surface area contributed by atoms with Gasteiger partial charge in [-0.3, -0.25) is 4.98 Å². The highest BCUT2D eigenvalue weighted by molar-refractivity contribution is 6.31. The van der Waals surface area contributed by atoms with E-state index in [9.17, 15) is 4.39 Å². The predicted octanol–water partition coefficient (Wildman–Crippen LogP) is 3.34. The van der Waals surface area contributed by atoms with Gasteiger partial charge in [-0.05, 0) is 36.1 Å².